The fourth-order valence-electron chi connectivity index (χ4n) is 2.86. The van der Waals surface area contributed by atoms with Gasteiger partial charge in [-0.3, -0.25) is 0 Å². The Morgan fingerprint density at radius 1 is 1.16 bits per heavy atom. The topological polar surface area (TPSA) is 83.9 Å². The number of benzene rings is 2. The van der Waals surface area contributed by atoms with Crippen LogP contribution in [0.5, 0.6) is 5.75 Å². The first kappa shape index (κ1) is 26.0. The van der Waals surface area contributed by atoms with Gasteiger partial charge in [0.25, 0.3) is 0 Å². The molecule has 0 aliphatic carbocycles. The molecule has 2 aromatic rings. The minimum absolute atomic E-state index is 0.118. The monoisotopic (exact) mass is 491 g/mol. The zero-order valence-electron chi connectivity index (χ0n) is 17.6. The van der Waals surface area contributed by atoms with E-state index in [2.05, 4.69) is 0 Å². The molecule has 0 spiro atoms. The Labute approximate surface area is 189 Å². The molecule has 0 radical (unpaired) electrons. The summed E-state index contributed by atoms with van der Waals surface area (Å²) in [4.78, 5) is 11.1. The van der Waals surface area contributed by atoms with Crippen molar-refractivity contribution in [2.45, 2.75) is 36.2 Å². The van der Waals surface area contributed by atoms with Gasteiger partial charge in [0.1, 0.15) is 5.75 Å². The van der Waals surface area contributed by atoms with E-state index in [1.54, 1.807) is 32.0 Å². The highest BCUT2D eigenvalue weighted by Crippen LogP contribution is 2.31. The summed E-state index contributed by atoms with van der Waals surface area (Å²) in [6.07, 6.45) is -4.12. The first-order chi connectivity index (χ1) is 14.9. The number of thioether (sulfide) groups is 1. The average Bonchev–Trinajstić information content (AvgIpc) is 2.72. The summed E-state index contributed by atoms with van der Waals surface area (Å²) >= 11 is 1.38. The van der Waals surface area contributed by atoms with Crippen LogP contribution in [0.25, 0.3) is 0 Å². The van der Waals surface area contributed by atoms with Crippen molar-refractivity contribution in [1.82, 2.24) is 4.31 Å². The van der Waals surface area contributed by atoms with Crippen LogP contribution in [0.15, 0.2) is 52.3 Å². The Morgan fingerprint density at radius 3 is 2.47 bits per heavy atom. The number of sulfonamides is 1. The van der Waals surface area contributed by atoms with Gasteiger partial charge >= 0.3 is 12.1 Å². The second-order valence-electron chi connectivity index (χ2n) is 6.89. The minimum atomic E-state index is -4.63. The number of carbonyl (C=O) groups is 1. The van der Waals surface area contributed by atoms with Crippen LogP contribution in [-0.4, -0.2) is 49.2 Å². The molecule has 0 amide bonds. The van der Waals surface area contributed by atoms with Gasteiger partial charge in [0, 0.05) is 23.7 Å². The van der Waals surface area contributed by atoms with E-state index < -0.39 is 34.3 Å². The summed E-state index contributed by atoms with van der Waals surface area (Å²) in [5.74, 6) is -0.259. The summed E-state index contributed by atoms with van der Waals surface area (Å²) in [6.45, 7) is 3.41. The van der Waals surface area contributed by atoms with Gasteiger partial charge in [0.05, 0.1) is 10.5 Å². The molecule has 0 unspecified atom stereocenters. The van der Waals surface area contributed by atoms with Crippen molar-refractivity contribution in [3.63, 3.8) is 0 Å². The van der Waals surface area contributed by atoms with Gasteiger partial charge < -0.3 is 9.84 Å². The Kier molecular flexibility index (Phi) is 8.99. The number of alkyl halides is 3. The van der Waals surface area contributed by atoms with E-state index in [0.29, 0.717) is 24.0 Å². The molecule has 0 atom stereocenters. The summed E-state index contributed by atoms with van der Waals surface area (Å²) < 4.78 is 71.3. The largest absolute Gasteiger partial charge is 0.482 e. The molecule has 0 aliphatic heterocycles. The van der Waals surface area contributed by atoms with Crippen LogP contribution >= 0.6 is 11.8 Å². The van der Waals surface area contributed by atoms with E-state index in [0.717, 1.165) is 22.6 Å². The van der Waals surface area contributed by atoms with E-state index >= 15 is 0 Å². The maximum atomic E-state index is 13.0. The Bertz CT molecular complexity index is 1040. The van der Waals surface area contributed by atoms with Crippen molar-refractivity contribution in [2.24, 2.45) is 0 Å². The first-order valence-corrected chi connectivity index (χ1v) is 12.1. The Morgan fingerprint density at radius 2 is 1.88 bits per heavy atom. The molecule has 2 aromatic carbocycles. The number of ether oxygens (including phenoxy) is 1. The molecule has 176 valence electrons. The van der Waals surface area contributed by atoms with E-state index in [4.69, 9.17) is 9.84 Å². The number of hydrogen-bond donors (Lipinski definition) is 1. The number of carboxylic acid groups (broad SMARTS) is 1. The van der Waals surface area contributed by atoms with Crippen molar-refractivity contribution in [3.8, 4) is 5.75 Å². The summed E-state index contributed by atoms with van der Waals surface area (Å²) in [5, 5.41) is 8.70. The molecule has 0 saturated carbocycles. The second-order valence-corrected chi connectivity index (χ2v) is 9.99. The van der Waals surface area contributed by atoms with Crippen molar-refractivity contribution in [2.75, 3.05) is 25.4 Å². The van der Waals surface area contributed by atoms with Crippen LogP contribution in [0.2, 0.25) is 0 Å². The first-order valence-electron chi connectivity index (χ1n) is 9.70. The number of aliphatic carboxylic acids is 1. The van der Waals surface area contributed by atoms with Crippen LogP contribution in [0.3, 0.4) is 0 Å². The summed E-state index contributed by atoms with van der Waals surface area (Å²) in [6, 6.07) is 8.93. The maximum absolute atomic E-state index is 13.0. The maximum Gasteiger partial charge on any atom is 0.416 e. The third kappa shape index (κ3) is 7.14. The Balaban J connectivity index is 2.09. The van der Waals surface area contributed by atoms with Crippen LogP contribution < -0.4 is 4.74 Å². The van der Waals surface area contributed by atoms with Gasteiger partial charge in [-0.1, -0.05) is 13.0 Å². The lowest BCUT2D eigenvalue weighted by molar-refractivity contribution is -0.139. The molecule has 0 heterocycles. The number of aryl methyl sites for hydroxylation is 1. The molecule has 0 saturated heterocycles. The van der Waals surface area contributed by atoms with Crippen LogP contribution in [0, 0.1) is 6.92 Å². The molecule has 2 rings (SSSR count). The normalized spacial score (nSPS) is 12.2. The van der Waals surface area contributed by atoms with Crippen molar-refractivity contribution in [3.05, 3.63) is 53.6 Å². The molecule has 6 nitrogen and oxygen atoms in total. The van der Waals surface area contributed by atoms with Gasteiger partial charge in [0.15, 0.2) is 6.61 Å². The van der Waals surface area contributed by atoms with Crippen LogP contribution in [0.4, 0.5) is 13.2 Å². The second kappa shape index (κ2) is 11.1. The number of halogens is 3. The third-order valence-electron chi connectivity index (χ3n) is 4.38. The number of hydrogen-bond acceptors (Lipinski definition) is 5. The van der Waals surface area contributed by atoms with Crippen LogP contribution in [-0.2, 0) is 21.0 Å². The van der Waals surface area contributed by atoms with Crippen molar-refractivity contribution >= 4 is 27.8 Å². The molecule has 32 heavy (non-hydrogen) atoms. The molecule has 0 bridgehead atoms. The highest BCUT2D eigenvalue weighted by molar-refractivity contribution is 7.99. The van der Waals surface area contributed by atoms with Crippen molar-refractivity contribution < 1.29 is 36.2 Å². The predicted octanol–water partition coefficient (Wildman–Crippen LogP) is 4.67. The highest BCUT2D eigenvalue weighted by atomic mass is 32.2. The van der Waals surface area contributed by atoms with E-state index in [1.807, 2.05) is 0 Å². The van der Waals surface area contributed by atoms with E-state index in [-0.39, 0.29) is 18.0 Å². The minimum Gasteiger partial charge on any atom is -0.482 e. The Hall–Kier alpha value is -2.24. The van der Waals surface area contributed by atoms with Gasteiger partial charge in [0.2, 0.25) is 10.0 Å². The van der Waals surface area contributed by atoms with Gasteiger partial charge in [-0.25, -0.2) is 13.2 Å². The summed E-state index contributed by atoms with van der Waals surface area (Å²) in [5.41, 5.74) is -0.275. The molecule has 0 aliphatic rings. The lowest BCUT2D eigenvalue weighted by Gasteiger charge is -2.22. The lowest BCUT2D eigenvalue weighted by Crippen LogP contribution is -2.34. The van der Waals surface area contributed by atoms with E-state index in [1.165, 1.54) is 22.1 Å². The fourth-order valence-corrected chi connectivity index (χ4v) is 5.53. The molecule has 0 aromatic heterocycles. The molecule has 1 N–H and O–H groups in total. The quantitative estimate of drug-likeness (QED) is 0.460. The fraction of sp³-hybridized carbons (Fsp3) is 0.381. The zero-order chi connectivity index (χ0) is 23.9. The standard InChI is InChI=1S/C21H24F3NO5S2/c1-3-9-25(32(28,29)18-6-4-5-16(13-18)21(22,23)24)10-11-31-17-7-8-19(15(2)12-17)30-14-20(26)27/h4-8,12-13H,3,9-11,14H2,1-2H3,(H,26,27). The van der Waals surface area contributed by atoms with Gasteiger partial charge in [-0.2, -0.15) is 17.5 Å². The lowest BCUT2D eigenvalue weighted by atomic mass is 10.2. The predicted molar refractivity (Wildman–Crippen MR) is 116 cm³/mol. The number of rotatable bonds is 11. The number of nitrogens with zero attached hydrogens (tertiary/aromatic N) is 1. The third-order valence-corrected chi connectivity index (χ3v) is 7.25. The van der Waals surface area contributed by atoms with Gasteiger partial charge in [-0.05, 0) is 55.3 Å². The molecule has 0 fully saturated rings. The molecular formula is C21H24F3NO5S2. The molecular weight excluding hydrogens is 467 g/mol. The smallest absolute Gasteiger partial charge is 0.416 e. The highest BCUT2D eigenvalue weighted by Gasteiger charge is 2.32. The van der Waals surface area contributed by atoms with Crippen LogP contribution in [0.1, 0.15) is 24.5 Å². The average molecular weight is 492 g/mol. The van der Waals surface area contributed by atoms with E-state index in [9.17, 15) is 26.4 Å². The SMILES string of the molecule is CCCN(CCSc1ccc(OCC(=O)O)c(C)c1)S(=O)(=O)c1cccc(C(F)(F)F)c1. The molecule has 11 heteroatoms. The number of carboxylic acids is 1. The summed E-state index contributed by atoms with van der Waals surface area (Å²) in [7, 11) is -4.09. The van der Waals surface area contributed by atoms with Gasteiger partial charge in [-0.15, -0.1) is 11.8 Å². The van der Waals surface area contributed by atoms with Crippen molar-refractivity contribution in [1.29, 1.82) is 0 Å². The zero-order valence-corrected chi connectivity index (χ0v) is 19.2.